The number of carbonyl (C=O) groups is 1. The van der Waals surface area contributed by atoms with Gasteiger partial charge in [0.05, 0.1) is 12.3 Å². The van der Waals surface area contributed by atoms with E-state index in [9.17, 15) is 4.79 Å². The lowest BCUT2D eigenvalue weighted by molar-refractivity contribution is -0.123. The molecule has 1 aromatic heterocycles. The summed E-state index contributed by atoms with van der Waals surface area (Å²) in [5.74, 6) is 2.58. The van der Waals surface area contributed by atoms with Crippen molar-refractivity contribution in [2.24, 2.45) is 17.3 Å². The van der Waals surface area contributed by atoms with Gasteiger partial charge in [0.25, 0.3) is 0 Å². The predicted molar refractivity (Wildman–Crippen MR) is 125 cm³/mol. The van der Waals surface area contributed by atoms with Gasteiger partial charge in [0.1, 0.15) is 5.75 Å². The van der Waals surface area contributed by atoms with Crippen LogP contribution >= 0.6 is 27.3 Å². The molecule has 0 aliphatic heterocycles. The van der Waals surface area contributed by atoms with E-state index >= 15 is 0 Å². The molecule has 6 rings (SSSR count). The Morgan fingerprint density at radius 1 is 1.23 bits per heavy atom. The molecule has 1 amide bonds. The number of nitrogens with one attached hydrogen (secondary N) is 1. The van der Waals surface area contributed by atoms with Crippen molar-refractivity contribution in [3.8, 4) is 17.0 Å². The van der Waals surface area contributed by atoms with Gasteiger partial charge in [-0.2, -0.15) is 0 Å². The van der Waals surface area contributed by atoms with Crippen molar-refractivity contribution in [3.05, 3.63) is 29.1 Å². The third-order valence-electron chi connectivity index (χ3n) is 7.13. The zero-order valence-electron chi connectivity index (χ0n) is 17.7. The molecular weight excluding hydrogens is 460 g/mol. The van der Waals surface area contributed by atoms with Crippen LogP contribution in [0.5, 0.6) is 5.75 Å². The molecule has 4 saturated carbocycles. The van der Waals surface area contributed by atoms with Gasteiger partial charge in [-0.3, -0.25) is 4.79 Å². The fraction of sp³-hybridized carbons (Fsp3) is 0.583. The quantitative estimate of drug-likeness (QED) is 0.467. The number of benzene rings is 1. The van der Waals surface area contributed by atoms with E-state index in [-0.39, 0.29) is 15.6 Å². The standard InChI is InChI=1S/C24H29BrN2O2S/c1-3-29-19-6-4-18(5-7-19)21-15(2)30-22(27-21)26-20(28)13-23-9-16-8-17(10-23)12-24(25,11-16)14-23/h4-7,16-17H,3,8-14H2,1-2H3,(H,26,27,28). The zero-order chi connectivity index (χ0) is 20.9. The number of carbonyl (C=O) groups excluding carboxylic acids is 1. The summed E-state index contributed by atoms with van der Waals surface area (Å²) >= 11 is 5.61. The molecule has 4 aliphatic rings. The van der Waals surface area contributed by atoms with E-state index < -0.39 is 0 Å². The molecule has 4 aliphatic carbocycles. The van der Waals surface area contributed by atoms with E-state index in [1.54, 1.807) is 11.3 Å². The van der Waals surface area contributed by atoms with Crippen LogP contribution in [0, 0.1) is 24.2 Å². The minimum Gasteiger partial charge on any atom is -0.494 e. The second-order valence-corrected chi connectivity index (χ2v) is 12.6. The van der Waals surface area contributed by atoms with E-state index in [0.717, 1.165) is 40.1 Å². The maximum absolute atomic E-state index is 13.0. The number of aryl methyl sites for hydroxylation is 1. The molecule has 0 saturated heterocycles. The van der Waals surface area contributed by atoms with Crippen molar-refractivity contribution in [1.82, 2.24) is 4.98 Å². The van der Waals surface area contributed by atoms with E-state index in [1.165, 1.54) is 32.1 Å². The van der Waals surface area contributed by atoms with Crippen LogP contribution in [-0.4, -0.2) is 21.8 Å². The van der Waals surface area contributed by atoms with Crippen LogP contribution < -0.4 is 10.1 Å². The van der Waals surface area contributed by atoms with Crippen molar-refractivity contribution in [1.29, 1.82) is 0 Å². The number of rotatable bonds is 6. The van der Waals surface area contributed by atoms with Crippen LogP contribution in [0.2, 0.25) is 0 Å². The fourth-order valence-electron chi connectivity index (χ4n) is 6.64. The molecular formula is C24H29BrN2O2S. The largest absolute Gasteiger partial charge is 0.494 e. The van der Waals surface area contributed by atoms with Crippen LogP contribution in [-0.2, 0) is 4.79 Å². The lowest BCUT2D eigenvalue weighted by atomic mass is 9.48. The molecule has 2 unspecified atom stereocenters. The molecule has 1 heterocycles. The van der Waals surface area contributed by atoms with Gasteiger partial charge >= 0.3 is 0 Å². The first-order valence-corrected chi connectivity index (χ1v) is 12.7. The second-order valence-electron chi connectivity index (χ2n) is 9.72. The molecule has 30 heavy (non-hydrogen) atoms. The Kier molecular flexibility index (Phi) is 5.21. The lowest BCUT2D eigenvalue weighted by Crippen LogP contribution is -2.53. The third kappa shape index (κ3) is 3.93. The van der Waals surface area contributed by atoms with E-state index in [0.29, 0.717) is 18.2 Å². The van der Waals surface area contributed by atoms with Crippen molar-refractivity contribution in [2.45, 2.75) is 63.1 Å². The molecule has 160 valence electrons. The molecule has 4 bridgehead atoms. The van der Waals surface area contributed by atoms with Crippen LogP contribution in [0.4, 0.5) is 5.13 Å². The highest BCUT2D eigenvalue weighted by atomic mass is 79.9. The van der Waals surface area contributed by atoms with Gasteiger partial charge in [-0.1, -0.05) is 15.9 Å². The van der Waals surface area contributed by atoms with Gasteiger partial charge in [-0.05, 0) is 93.9 Å². The number of nitrogens with zero attached hydrogens (tertiary/aromatic N) is 1. The highest BCUT2D eigenvalue weighted by Gasteiger charge is 2.57. The Morgan fingerprint density at radius 3 is 2.57 bits per heavy atom. The Bertz CT molecular complexity index is 941. The first kappa shape index (κ1) is 20.5. The molecule has 4 nitrogen and oxygen atoms in total. The van der Waals surface area contributed by atoms with E-state index in [2.05, 4.69) is 28.2 Å². The third-order valence-corrected chi connectivity index (χ3v) is 8.94. The summed E-state index contributed by atoms with van der Waals surface area (Å²) in [5, 5.41) is 3.83. The first-order valence-electron chi connectivity index (χ1n) is 11.0. The first-order chi connectivity index (χ1) is 14.4. The van der Waals surface area contributed by atoms with Crippen LogP contribution in [0.1, 0.15) is 56.7 Å². The average molecular weight is 489 g/mol. The van der Waals surface area contributed by atoms with Gasteiger partial charge in [0.2, 0.25) is 5.91 Å². The summed E-state index contributed by atoms with van der Waals surface area (Å²) in [6.07, 6.45) is 8.18. The number of aromatic nitrogens is 1. The Hall–Kier alpha value is -1.40. The molecule has 0 radical (unpaired) electrons. The summed E-state index contributed by atoms with van der Waals surface area (Å²) in [6, 6.07) is 8.01. The average Bonchev–Trinajstić information content (AvgIpc) is 3.00. The van der Waals surface area contributed by atoms with Gasteiger partial charge in [-0.25, -0.2) is 4.98 Å². The fourth-order valence-corrected chi connectivity index (χ4v) is 9.00. The van der Waals surface area contributed by atoms with Crippen molar-refractivity contribution in [3.63, 3.8) is 0 Å². The highest BCUT2D eigenvalue weighted by molar-refractivity contribution is 9.10. The minimum atomic E-state index is 0.125. The van der Waals surface area contributed by atoms with Gasteiger partial charge < -0.3 is 10.1 Å². The maximum Gasteiger partial charge on any atom is 0.226 e. The number of alkyl halides is 1. The number of amides is 1. The molecule has 4 fully saturated rings. The Balaban J connectivity index is 1.27. The number of halogens is 1. The minimum absolute atomic E-state index is 0.125. The number of hydrogen-bond donors (Lipinski definition) is 1. The SMILES string of the molecule is CCOc1ccc(-c2nc(NC(=O)CC34CC5CC(CC(Br)(C5)C3)C4)sc2C)cc1. The molecule has 6 heteroatoms. The van der Waals surface area contributed by atoms with Crippen LogP contribution in [0.25, 0.3) is 11.3 Å². The van der Waals surface area contributed by atoms with Crippen LogP contribution in [0.3, 0.4) is 0 Å². The molecule has 2 atom stereocenters. The predicted octanol–water partition coefficient (Wildman–Crippen LogP) is 6.58. The molecule has 1 N–H and O–H groups in total. The number of anilines is 1. The Labute approximate surface area is 190 Å². The topological polar surface area (TPSA) is 51.2 Å². The monoisotopic (exact) mass is 488 g/mol. The number of hydrogen-bond acceptors (Lipinski definition) is 4. The van der Waals surface area contributed by atoms with E-state index in [1.807, 2.05) is 31.2 Å². The van der Waals surface area contributed by atoms with Crippen molar-refractivity contribution in [2.75, 3.05) is 11.9 Å². The summed E-state index contributed by atoms with van der Waals surface area (Å²) in [7, 11) is 0. The highest BCUT2D eigenvalue weighted by Crippen LogP contribution is 2.65. The molecule has 2 aromatic rings. The van der Waals surface area contributed by atoms with Gasteiger partial charge in [-0.15, -0.1) is 11.3 Å². The molecule has 1 aromatic carbocycles. The number of thiazole rings is 1. The maximum atomic E-state index is 13.0. The summed E-state index contributed by atoms with van der Waals surface area (Å²) < 4.78 is 5.82. The number of ether oxygens (including phenoxy) is 1. The van der Waals surface area contributed by atoms with E-state index in [4.69, 9.17) is 9.72 Å². The zero-order valence-corrected chi connectivity index (χ0v) is 20.1. The smallest absolute Gasteiger partial charge is 0.226 e. The Morgan fingerprint density at radius 2 is 1.93 bits per heavy atom. The van der Waals surface area contributed by atoms with Crippen LogP contribution in [0.15, 0.2) is 24.3 Å². The molecule has 0 spiro atoms. The second kappa shape index (κ2) is 7.63. The van der Waals surface area contributed by atoms with Crippen molar-refractivity contribution >= 4 is 38.3 Å². The summed E-state index contributed by atoms with van der Waals surface area (Å²) in [6.45, 7) is 4.70. The van der Waals surface area contributed by atoms with Gasteiger partial charge in [0, 0.05) is 21.2 Å². The summed E-state index contributed by atoms with van der Waals surface area (Å²) in [4.78, 5) is 18.9. The van der Waals surface area contributed by atoms with Crippen molar-refractivity contribution < 1.29 is 9.53 Å². The lowest BCUT2D eigenvalue weighted by Gasteiger charge is -2.60. The summed E-state index contributed by atoms with van der Waals surface area (Å²) in [5.41, 5.74) is 2.17. The van der Waals surface area contributed by atoms with Gasteiger partial charge in [0.15, 0.2) is 5.13 Å². The normalized spacial score (nSPS) is 31.7.